The predicted octanol–water partition coefficient (Wildman–Crippen LogP) is 2.88. The molecule has 0 unspecified atom stereocenters. The van der Waals surface area contributed by atoms with E-state index in [0.29, 0.717) is 36.0 Å². The van der Waals surface area contributed by atoms with Gasteiger partial charge in [-0.2, -0.15) is 5.10 Å². The molecule has 0 saturated heterocycles. The van der Waals surface area contributed by atoms with Gasteiger partial charge in [0.05, 0.1) is 19.4 Å². The van der Waals surface area contributed by atoms with E-state index in [-0.39, 0.29) is 0 Å². The first-order chi connectivity index (χ1) is 13.0. The second-order valence-corrected chi connectivity index (χ2v) is 5.58. The fourth-order valence-electron chi connectivity index (χ4n) is 2.19. The van der Waals surface area contributed by atoms with Crippen LogP contribution in [0.25, 0.3) is 0 Å². The molecule has 0 heterocycles. The van der Waals surface area contributed by atoms with Crippen LogP contribution in [0.5, 0.6) is 11.5 Å². The monoisotopic (exact) mass is 369 g/mol. The quantitative estimate of drug-likeness (QED) is 0.446. The van der Waals surface area contributed by atoms with Gasteiger partial charge in [-0.3, -0.25) is 9.59 Å². The molecule has 0 bridgehead atoms. The molecular formula is C20H23N3O4. The van der Waals surface area contributed by atoms with E-state index >= 15 is 0 Å². The molecule has 2 aromatic carbocycles. The van der Waals surface area contributed by atoms with E-state index in [1.54, 1.807) is 30.3 Å². The summed E-state index contributed by atoms with van der Waals surface area (Å²) in [6.45, 7) is 6.72. The van der Waals surface area contributed by atoms with Crippen molar-refractivity contribution in [1.82, 2.24) is 5.43 Å². The number of rotatable bonds is 7. The largest absolute Gasteiger partial charge is 0.494 e. The van der Waals surface area contributed by atoms with Crippen molar-refractivity contribution >= 4 is 23.7 Å². The van der Waals surface area contributed by atoms with Crippen LogP contribution < -0.4 is 20.2 Å². The van der Waals surface area contributed by atoms with Crippen molar-refractivity contribution in [3.63, 3.8) is 0 Å². The molecule has 2 rings (SSSR count). The number of benzene rings is 2. The van der Waals surface area contributed by atoms with Crippen molar-refractivity contribution in [1.29, 1.82) is 0 Å². The zero-order chi connectivity index (χ0) is 19.6. The molecule has 0 aromatic heterocycles. The predicted molar refractivity (Wildman–Crippen MR) is 104 cm³/mol. The minimum atomic E-state index is -0.865. The van der Waals surface area contributed by atoms with Crippen molar-refractivity contribution in [2.45, 2.75) is 20.8 Å². The standard InChI is InChI=1S/C20H23N3O4/c1-4-26-17-11-8-15(18(12-17)27-5-2)13-21-23-20(25)19(24)22-16-9-6-14(3)7-10-16/h6-13H,4-5H2,1-3H3,(H,22,24)(H,23,25)/b21-13-. The number of aryl methyl sites for hydroxylation is 1. The van der Waals surface area contributed by atoms with E-state index in [2.05, 4.69) is 15.8 Å². The van der Waals surface area contributed by atoms with Gasteiger partial charge < -0.3 is 14.8 Å². The van der Waals surface area contributed by atoms with Crippen LogP contribution in [0.15, 0.2) is 47.6 Å². The van der Waals surface area contributed by atoms with Crippen molar-refractivity contribution < 1.29 is 19.1 Å². The average molecular weight is 369 g/mol. The van der Waals surface area contributed by atoms with Crippen LogP contribution in [0.2, 0.25) is 0 Å². The summed E-state index contributed by atoms with van der Waals surface area (Å²) < 4.78 is 11.0. The third-order valence-corrected chi connectivity index (χ3v) is 3.48. The smallest absolute Gasteiger partial charge is 0.329 e. The first kappa shape index (κ1) is 20.0. The van der Waals surface area contributed by atoms with Gasteiger partial charge in [0.25, 0.3) is 0 Å². The number of hydrogen-bond acceptors (Lipinski definition) is 5. The van der Waals surface area contributed by atoms with Gasteiger partial charge >= 0.3 is 11.8 Å². The number of nitrogens with zero attached hydrogens (tertiary/aromatic N) is 1. The Hall–Kier alpha value is -3.35. The zero-order valence-corrected chi connectivity index (χ0v) is 15.6. The third kappa shape index (κ3) is 6.14. The normalized spacial score (nSPS) is 10.5. The molecule has 2 amide bonds. The van der Waals surface area contributed by atoms with Gasteiger partial charge in [0.15, 0.2) is 0 Å². The summed E-state index contributed by atoms with van der Waals surface area (Å²) in [7, 11) is 0. The Bertz CT molecular complexity index is 816. The molecule has 2 aromatic rings. The second kappa shape index (κ2) is 9.96. The van der Waals surface area contributed by atoms with Crippen LogP contribution in [-0.4, -0.2) is 31.2 Å². The number of carbonyl (C=O) groups is 2. The number of anilines is 1. The maximum atomic E-state index is 11.9. The molecule has 27 heavy (non-hydrogen) atoms. The molecule has 0 spiro atoms. The first-order valence-electron chi connectivity index (χ1n) is 8.64. The van der Waals surface area contributed by atoms with Gasteiger partial charge in [0.2, 0.25) is 0 Å². The number of nitrogens with one attached hydrogen (secondary N) is 2. The van der Waals surface area contributed by atoms with Crippen LogP contribution in [0.3, 0.4) is 0 Å². The minimum Gasteiger partial charge on any atom is -0.494 e. The Balaban J connectivity index is 1.98. The number of hydrogen-bond donors (Lipinski definition) is 2. The number of ether oxygens (including phenoxy) is 2. The highest BCUT2D eigenvalue weighted by Crippen LogP contribution is 2.23. The van der Waals surface area contributed by atoms with E-state index in [1.165, 1.54) is 6.21 Å². The maximum absolute atomic E-state index is 11.9. The number of hydrazone groups is 1. The summed E-state index contributed by atoms with van der Waals surface area (Å²) in [5, 5.41) is 6.34. The molecule has 0 aliphatic carbocycles. The van der Waals surface area contributed by atoms with Gasteiger partial charge in [-0.15, -0.1) is 0 Å². The molecule has 142 valence electrons. The molecule has 0 fully saturated rings. The molecular weight excluding hydrogens is 346 g/mol. The molecule has 0 aliphatic rings. The van der Waals surface area contributed by atoms with Crippen molar-refractivity contribution in [3.8, 4) is 11.5 Å². The lowest BCUT2D eigenvalue weighted by molar-refractivity contribution is -0.136. The number of amides is 2. The van der Waals surface area contributed by atoms with Crippen LogP contribution >= 0.6 is 0 Å². The highest BCUT2D eigenvalue weighted by Gasteiger charge is 2.13. The minimum absolute atomic E-state index is 0.474. The van der Waals surface area contributed by atoms with E-state index in [1.807, 2.05) is 32.9 Å². The summed E-state index contributed by atoms with van der Waals surface area (Å²) in [5.74, 6) is -0.409. The Morgan fingerprint density at radius 3 is 2.37 bits per heavy atom. The van der Waals surface area contributed by atoms with E-state index in [9.17, 15) is 9.59 Å². The molecule has 2 N–H and O–H groups in total. The molecule has 0 radical (unpaired) electrons. The molecule has 7 heteroatoms. The number of carbonyl (C=O) groups excluding carboxylic acids is 2. The van der Waals surface area contributed by atoms with Crippen LogP contribution in [0.4, 0.5) is 5.69 Å². The Kier molecular flexibility index (Phi) is 7.37. The highest BCUT2D eigenvalue weighted by atomic mass is 16.5. The first-order valence-corrected chi connectivity index (χ1v) is 8.64. The van der Waals surface area contributed by atoms with Crippen molar-refractivity contribution in [3.05, 3.63) is 53.6 Å². The summed E-state index contributed by atoms with van der Waals surface area (Å²) in [5.41, 5.74) is 4.45. The fraction of sp³-hybridized carbons (Fsp3) is 0.250. The lowest BCUT2D eigenvalue weighted by Gasteiger charge is -2.10. The average Bonchev–Trinajstić information content (AvgIpc) is 2.65. The van der Waals surface area contributed by atoms with Gasteiger partial charge in [-0.1, -0.05) is 17.7 Å². The van der Waals surface area contributed by atoms with Gasteiger partial charge in [0.1, 0.15) is 11.5 Å². The molecule has 0 saturated carbocycles. The van der Waals surface area contributed by atoms with E-state index < -0.39 is 11.8 Å². The van der Waals surface area contributed by atoms with Crippen LogP contribution in [-0.2, 0) is 9.59 Å². The molecule has 0 aliphatic heterocycles. The second-order valence-electron chi connectivity index (χ2n) is 5.58. The Morgan fingerprint density at radius 2 is 1.70 bits per heavy atom. The summed E-state index contributed by atoms with van der Waals surface area (Å²) in [6.07, 6.45) is 1.41. The van der Waals surface area contributed by atoms with Gasteiger partial charge in [-0.25, -0.2) is 5.43 Å². The Labute approximate surface area is 158 Å². The van der Waals surface area contributed by atoms with Crippen molar-refractivity contribution in [2.24, 2.45) is 5.10 Å². The Morgan fingerprint density at radius 1 is 1.00 bits per heavy atom. The van der Waals surface area contributed by atoms with E-state index in [4.69, 9.17) is 9.47 Å². The van der Waals surface area contributed by atoms with Crippen molar-refractivity contribution in [2.75, 3.05) is 18.5 Å². The maximum Gasteiger partial charge on any atom is 0.329 e. The van der Waals surface area contributed by atoms with Crippen LogP contribution in [0.1, 0.15) is 25.0 Å². The topological polar surface area (TPSA) is 89.0 Å². The van der Waals surface area contributed by atoms with Gasteiger partial charge in [-0.05, 0) is 45.0 Å². The lowest BCUT2D eigenvalue weighted by atomic mass is 10.2. The zero-order valence-electron chi connectivity index (χ0n) is 15.6. The lowest BCUT2D eigenvalue weighted by Crippen LogP contribution is -2.32. The summed E-state index contributed by atoms with van der Waals surface area (Å²) in [6, 6.07) is 12.4. The van der Waals surface area contributed by atoms with E-state index in [0.717, 1.165) is 5.56 Å². The highest BCUT2D eigenvalue weighted by molar-refractivity contribution is 6.39. The molecule has 0 atom stereocenters. The van der Waals surface area contributed by atoms with Gasteiger partial charge in [0, 0.05) is 17.3 Å². The molecule has 7 nitrogen and oxygen atoms in total. The fourth-order valence-corrected chi connectivity index (χ4v) is 2.19. The summed E-state index contributed by atoms with van der Waals surface area (Å²) >= 11 is 0. The summed E-state index contributed by atoms with van der Waals surface area (Å²) in [4.78, 5) is 23.8. The third-order valence-electron chi connectivity index (χ3n) is 3.48. The SMILES string of the molecule is CCOc1ccc(/C=N\NC(=O)C(=O)Nc2ccc(C)cc2)c(OCC)c1. The van der Waals surface area contributed by atoms with Crippen LogP contribution in [0, 0.1) is 6.92 Å².